The zero-order chi connectivity index (χ0) is 91.8. The molecule has 20 heteroatoms. The Bertz CT molecular complexity index is 3960. The Morgan fingerprint density at radius 3 is 1.30 bits per heavy atom. The molecule has 19 nitrogen and oxygen atoms in total. The van der Waals surface area contributed by atoms with Gasteiger partial charge in [0.2, 0.25) is 0 Å². The molecular weight excluding hydrogens is 1590 g/mol. The van der Waals surface area contributed by atoms with Crippen LogP contribution in [-0.4, -0.2) is 162 Å². The highest BCUT2D eigenvalue weighted by Gasteiger charge is 2.12. The average Bonchev–Trinajstić information content (AvgIpc) is 0.855. The number of hydrogen-bond acceptors (Lipinski definition) is 20. The summed E-state index contributed by atoms with van der Waals surface area (Å²) in [5, 5.41) is 86.0. The zero-order valence-corrected chi connectivity index (χ0v) is 77.7. The minimum atomic E-state index is -0.132. The van der Waals surface area contributed by atoms with Gasteiger partial charge >= 0.3 is 0 Å². The SMILES string of the molecule is CC/C=C/c1ccccc1OCCO.CCC/C=C/CO.CCCCc1cc(C(C)=N)ccc1OCCO.CCCCc1ccccc1OC(C)CO.CCCCc1ccccc1OCCO.CCCCc1ncccc1OCCO.CCCOc1cccc(OCCO)c1.CCCc1ccccc1OCCO.CCc1ccccc1Sc1ccccc1CO. The molecule has 0 radical (unpaired) electrons. The van der Waals surface area contributed by atoms with Gasteiger partial charge in [0.25, 0.3) is 0 Å². The maximum Gasteiger partial charge on any atom is 0.140 e. The number of allylic oxidation sites excluding steroid dienone is 2. The Labute approximate surface area is 754 Å². The van der Waals surface area contributed by atoms with Crippen LogP contribution < -0.4 is 37.9 Å². The molecule has 0 saturated heterocycles. The summed E-state index contributed by atoms with van der Waals surface area (Å²) in [6.45, 7) is 26.3. The maximum atomic E-state index is 9.31. The van der Waals surface area contributed by atoms with Gasteiger partial charge in [-0.25, -0.2) is 0 Å². The van der Waals surface area contributed by atoms with Crippen LogP contribution in [0.4, 0.5) is 0 Å². The van der Waals surface area contributed by atoms with Gasteiger partial charge in [0.1, 0.15) is 91.7 Å². The van der Waals surface area contributed by atoms with E-state index >= 15 is 0 Å². The van der Waals surface area contributed by atoms with Gasteiger partial charge in [-0.2, -0.15) is 0 Å². The molecule has 8 aromatic carbocycles. The van der Waals surface area contributed by atoms with Crippen molar-refractivity contribution in [1.29, 1.82) is 5.41 Å². The maximum absolute atomic E-state index is 9.31. The van der Waals surface area contributed by atoms with Gasteiger partial charge in [-0.15, -0.1) is 0 Å². The van der Waals surface area contributed by atoms with Gasteiger partial charge in [-0.05, 0) is 215 Å². The first-order chi connectivity index (χ1) is 61.1. The average molecular weight is 1750 g/mol. The molecule has 1 heterocycles. The molecule has 0 aliphatic rings. The van der Waals surface area contributed by atoms with Crippen LogP contribution >= 0.6 is 11.8 Å². The number of para-hydroxylation sites is 4. The van der Waals surface area contributed by atoms with Crippen LogP contribution in [0.2, 0.25) is 0 Å². The van der Waals surface area contributed by atoms with Crippen LogP contribution in [0.25, 0.3) is 6.08 Å². The van der Waals surface area contributed by atoms with Crippen LogP contribution in [0.15, 0.2) is 234 Å². The number of aliphatic hydroxyl groups is 9. The molecule has 0 bridgehead atoms. The smallest absolute Gasteiger partial charge is 0.140 e. The van der Waals surface area contributed by atoms with E-state index in [-0.39, 0.29) is 65.6 Å². The van der Waals surface area contributed by atoms with Crippen molar-refractivity contribution in [2.45, 2.75) is 221 Å². The lowest BCUT2D eigenvalue weighted by Crippen LogP contribution is -2.17. The van der Waals surface area contributed by atoms with Crippen LogP contribution in [0, 0.1) is 5.41 Å². The molecule has 9 aromatic rings. The molecule has 1 unspecified atom stereocenters. The van der Waals surface area contributed by atoms with E-state index in [0.29, 0.717) is 52.0 Å². The van der Waals surface area contributed by atoms with Crippen LogP contribution in [0.1, 0.15) is 210 Å². The highest BCUT2D eigenvalue weighted by atomic mass is 32.2. The first-order valence-corrected chi connectivity index (χ1v) is 45.7. The molecule has 1 atom stereocenters. The monoisotopic (exact) mass is 1750 g/mol. The third-order valence-electron chi connectivity index (χ3n) is 17.8. The summed E-state index contributed by atoms with van der Waals surface area (Å²) in [5.74, 6) is 6.72. The summed E-state index contributed by atoms with van der Waals surface area (Å²) in [5.41, 5.74) is 10.7. The first kappa shape index (κ1) is 113. The van der Waals surface area contributed by atoms with Crippen LogP contribution in [0.5, 0.6) is 46.0 Å². The number of benzene rings is 8. The lowest BCUT2D eigenvalue weighted by molar-refractivity contribution is 0.128. The second kappa shape index (κ2) is 79.1. The highest BCUT2D eigenvalue weighted by molar-refractivity contribution is 7.99. The molecule has 9 rings (SSSR count). The van der Waals surface area contributed by atoms with E-state index in [9.17, 15) is 5.11 Å². The van der Waals surface area contributed by atoms with Gasteiger partial charge in [-0.3, -0.25) is 4.98 Å². The minimum Gasteiger partial charge on any atom is -0.493 e. The number of unbranched alkanes of at least 4 members (excludes halogenated alkanes) is 5. The second-order valence-electron chi connectivity index (χ2n) is 28.4. The van der Waals surface area contributed by atoms with E-state index in [1.165, 1.54) is 52.8 Å². The van der Waals surface area contributed by atoms with Gasteiger partial charge < -0.3 is 89.3 Å². The summed E-state index contributed by atoms with van der Waals surface area (Å²) >= 11 is 1.73. The van der Waals surface area contributed by atoms with Crippen molar-refractivity contribution in [3.05, 3.63) is 275 Å². The van der Waals surface area contributed by atoms with E-state index in [1.54, 1.807) is 31.0 Å². The van der Waals surface area contributed by atoms with Crippen molar-refractivity contribution in [3.63, 3.8) is 0 Å². The molecule has 1 aromatic heterocycles. The summed E-state index contributed by atoms with van der Waals surface area (Å²) in [6.07, 6.45) is 30.2. The molecule has 0 aliphatic heterocycles. The summed E-state index contributed by atoms with van der Waals surface area (Å²) < 4.78 is 43.4. The van der Waals surface area contributed by atoms with Crippen LogP contribution in [-0.2, 0) is 45.1 Å². The first-order valence-electron chi connectivity index (χ1n) is 44.9. The molecule has 125 heavy (non-hydrogen) atoms. The number of nitrogens with one attached hydrogen (secondary N) is 1. The van der Waals surface area contributed by atoms with Crippen molar-refractivity contribution in [2.24, 2.45) is 0 Å². The largest absolute Gasteiger partial charge is 0.493 e. The van der Waals surface area contributed by atoms with E-state index in [4.69, 9.17) is 84.2 Å². The van der Waals surface area contributed by atoms with E-state index < -0.39 is 0 Å². The normalized spacial score (nSPS) is 10.5. The Hall–Kier alpha value is -9.55. The number of hydrogen-bond donors (Lipinski definition) is 10. The number of aliphatic hydroxyl groups excluding tert-OH is 9. The molecule has 0 fully saturated rings. The van der Waals surface area contributed by atoms with E-state index in [2.05, 4.69) is 122 Å². The third-order valence-corrected chi connectivity index (χ3v) is 19.0. The minimum absolute atomic E-state index is 0.0264. The van der Waals surface area contributed by atoms with Gasteiger partial charge in [0, 0.05) is 33.3 Å². The molecule has 10 N–H and O–H groups in total. The number of aryl methyl sites for hydroxylation is 6. The topological polar surface area (TPSA) is 293 Å². The molecular formula is C105H152N2O17S. The van der Waals surface area contributed by atoms with Gasteiger partial charge in [0.15, 0.2) is 0 Å². The quantitative estimate of drug-likeness (QED) is 0.0125. The standard InChI is InChI=1S/C15H16OS.C14H21NO2.C13H20O2.C12H18O2.C12H16O2.C11H17NO2.C11H16O3.C11H16O2.C6H12O/c1-2-12-7-3-5-9-14(12)17-15-10-6-4-8-13(15)11-16;1-3-4-5-13-10-12(11(2)15)6-7-14(13)17-9-8-16;1-3-4-7-12-8-5-6-9-13(12)15-11(2)10-14;2*1-2-3-6-11-7-4-5-8-12(11)14-10-9-13;1-2-3-5-10-11(14-9-8-13)6-4-7-12-10;1-2-7-13-10-4-3-5-11(9-10)14-8-6-12;1-2-5-10-6-3-4-7-11(10)13-9-8-12;1-2-3-4-5-6-7/h3-10,16H,2,11H2,1H3;6-7,10,15-16H,3-5,8-9H2,1-2H3;5-6,8-9,11,14H,3-4,7,10H2,1-2H3;4-5,7-8,13H,2-3,6,9-10H2,1H3;3-8,13H,2,9-10H2,1H3;4,6-7,13H,2-3,5,8-9H2,1H3;3-5,9,12H,2,6-8H2,1H3;3-4,6-7,12H,2,5,8-9H2,1H3;4-5,7H,2-3,6H2,1H3/b;;;;6-3+;;;;5-4+. The highest BCUT2D eigenvalue weighted by Crippen LogP contribution is 2.34. The molecule has 690 valence electrons. The van der Waals surface area contributed by atoms with Crippen molar-refractivity contribution in [1.82, 2.24) is 4.98 Å². The molecule has 0 amide bonds. The molecule has 0 spiro atoms. The van der Waals surface area contributed by atoms with Crippen molar-refractivity contribution >= 4 is 23.5 Å². The number of nitrogens with zero attached hydrogens (tertiary/aromatic N) is 1. The number of rotatable bonds is 48. The van der Waals surface area contributed by atoms with Crippen molar-refractivity contribution < 1.29 is 83.9 Å². The van der Waals surface area contributed by atoms with E-state index in [1.807, 2.05) is 171 Å². The zero-order valence-electron chi connectivity index (χ0n) is 76.9. The molecule has 0 saturated carbocycles. The lowest BCUT2D eigenvalue weighted by Gasteiger charge is -2.15. The fraction of sp³-hybridized carbons (Fsp3) is 0.448. The Kier molecular flexibility index (Phi) is 71.8. The Balaban J connectivity index is 0.000000707. The van der Waals surface area contributed by atoms with E-state index in [0.717, 1.165) is 175 Å². The lowest BCUT2D eigenvalue weighted by atomic mass is 10.0. The van der Waals surface area contributed by atoms with Crippen LogP contribution in [0.3, 0.4) is 0 Å². The summed E-state index contributed by atoms with van der Waals surface area (Å²) in [7, 11) is 0. The molecule has 0 aliphatic carbocycles. The van der Waals surface area contributed by atoms with Crippen molar-refractivity contribution in [3.8, 4) is 46.0 Å². The predicted molar refractivity (Wildman–Crippen MR) is 515 cm³/mol. The van der Waals surface area contributed by atoms with Gasteiger partial charge in [0.05, 0.1) is 71.8 Å². The predicted octanol–water partition coefficient (Wildman–Crippen LogP) is 21.3. The second-order valence-corrected chi connectivity index (χ2v) is 29.5. The number of pyridine rings is 1. The fourth-order valence-corrected chi connectivity index (χ4v) is 12.4. The Morgan fingerprint density at radius 1 is 0.376 bits per heavy atom. The van der Waals surface area contributed by atoms with Crippen molar-refractivity contribution in [2.75, 3.05) is 99.1 Å². The fourth-order valence-electron chi connectivity index (χ4n) is 11.3. The number of aromatic nitrogens is 1. The third kappa shape index (κ3) is 54.2. The summed E-state index contributed by atoms with van der Waals surface area (Å²) in [4.78, 5) is 6.67. The number of ether oxygens (including phenoxy) is 8. The van der Waals surface area contributed by atoms with Gasteiger partial charge in [-0.1, -0.05) is 252 Å². The Morgan fingerprint density at radius 2 is 0.808 bits per heavy atom. The summed E-state index contributed by atoms with van der Waals surface area (Å²) in [6, 6.07) is 65.3.